The molecule has 0 amide bonds. The molecule has 4 aromatic rings. The quantitative estimate of drug-likeness (QED) is 0.250. The van der Waals surface area contributed by atoms with Crippen molar-refractivity contribution < 1.29 is 19.7 Å². The van der Waals surface area contributed by atoms with E-state index >= 15 is 0 Å². The molecule has 238 valence electrons. The first-order valence-electron chi connectivity index (χ1n) is 15.9. The number of phenolic OH excluding ortho intramolecular Hbond substituents is 2. The summed E-state index contributed by atoms with van der Waals surface area (Å²) in [4.78, 5) is 13.8. The highest BCUT2D eigenvalue weighted by Crippen LogP contribution is 2.30. The Hall–Kier alpha value is -4.66. The summed E-state index contributed by atoms with van der Waals surface area (Å²) in [6.07, 6.45) is 3.47. The number of hydrogen-bond acceptors (Lipinski definition) is 8. The van der Waals surface area contributed by atoms with Gasteiger partial charge in [0.1, 0.15) is 36.2 Å². The number of hydrogen-bond donors (Lipinski definition) is 2. The van der Waals surface area contributed by atoms with Gasteiger partial charge in [-0.1, -0.05) is 48.5 Å². The van der Waals surface area contributed by atoms with E-state index in [0.717, 1.165) is 44.9 Å². The average Bonchev–Trinajstić information content (AvgIpc) is 3.04. The zero-order chi connectivity index (χ0) is 31.9. The maximum absolute atomic E-state index is 11.4. The number of rotatable bonds is 0. The summed E-state index contributed by atoms with van der Waals surface area (Å²) in [7, 11) is 0. The molecule has 8 heteroatoms. The maximum Gasteiger partial charge on any atom is 0.128 e. The lowest BCUT2D eigenvalue weighted by Gasteiger charge is -2.30. The fourth-order valence-corrected chi connectivity index (χ4v) is 6.18. The lowest BCUT2D eigenvalue weighted by atomic mass is 10.0. The molecule has 2 atom stereocenters. The van der Waals surface area contributed by atoms with Gasteiger partial charge in [-0.15, -0.1) is 0 Å². The summed E-state index contributed by atoms with van der Waals surface area (Å²) in [6.45, 7) is 9.62. The van der Waals surface area contributed by atoms with Crippen molar-refractivity contribution in [2.45, 2.75) is 40.0 Å². The summed E-state index contributed by atoms with van der Waals surface area (Å²) in [5, 5.41) is 22.8. The van der Waals surface area contributed by atoms with Crippen molar-refractivity contribution in [3.63, 3.8) is 0 Å². The van der Waals surface area contributed by atoms with Crippen LogP contribution in [0.5, 0.6) is 23.0 Å². The van der Waals surface area contributed by atoms with Crippen LogP contribution in [0.25, 0.3) is 0 Å². The molecule has 0 saturated carbocycles. The van der Waals surface area contributed by atoms with Gasteiger partial charge in [-0.25, -0.2) is 0 Å². The third-order valence-corrected chi connectivity index (χ3v) is 8.40. The van der Waals surface area contributed by atoms with E-state index in [0.29, 0.717) is 76.7 Å². The fourth-order valence-electron chi connectivity index (χ4n) is 6.18. The number of benzene rings is 4. The lowest BCUT2D eigenvalue weighted by molar-refractivity contribution is 0.169. The molecule has 46 heavy (non-hydrogen) atoms. The average molecular weight is 619 g/mol. The first kappa shape index (κ1) is 31.3. The van der Waals surface area contributed by atoms with Crippen molar-refractivity contribution >= 4 is 12.4 Å². The number of ether oxygens (including phenoxy) is 2. The molecule has 2 heterocycles. The first-order valence-corrected chi connectivity index (χ1v) is 15.9. The van der Waals surface area contributed by atoms with Crippen LogP contribution in [0.15, 0.2) is 82.8 Å². The molecule has 0 radical (unpaired) electrons. The normalized spacial score (nSPS) is 19.0. The standard InChI is InChI=1S/C38H42N4O4/c1-27-17-31-21-39-11-12-40-22-32-18-28(2)20-34(38(32)44)26-42-14-13-41(25-33(19-27)37(31)43)23-29-7-3-5-9-35(29)45-15-16-46-36-10-6-4-8-30(36)24-42/h3-10,17-22,43-44H,11-16,23-26H2,1-2H3. The topological polar surface area (TPSA) is 90.1 Å². The van der Waals surface area contributed by atoms with Crippen molar-refractivity contribution in [1.82, 2.24) is 9.80 Å². The minimum Gasteiger partial charge on any atom is -0.507 e. The third kappa shape index (κ3) is 7.76. The zero-order valence-electron chi connectivity index (χ0n) is 26.7. The van der Waals surface area contributed by atoms with Crippen LogP contribution in [-0.2, 0) is 26.2 Å². The summed E-state index contributed by atoms with van der Waals surface area (Å²) < 4.78 is 12.5. The van der Waals surface area contributed by atoms with E-state index in [1.807, 2.05) is 62.4 Å². The monoisotopic (exact) mass is 618 g/mol. The molecule has 2 aliphatic heterocycles. The Morgan fingerprint density at radius 3 is 1.43 bits per heavy atom. The molecule has 0 fully saturated rings. The number of aliphatic imine (C=N–C) groups is 2. The molecular weight excluding hydrogens is 576 g/mol. The van der Waals surface area contributed by atoms with Crippen LogP contribution >= 0.6 is 0 Å². The lowest BCUT2D eigenvalue weighted by Crippen LogP contribution is -2.35. The van der Waals surface area contributed by atoms with Gasteiger partial charge < -0.3 is 19.7 Å². The number of aryl methyl sites for hydroxylation is 2. The summed E-state index contributed by atoms with van der Waals surface area (Å²) in [6, 6.07) is 24.3. The Bertz CT molecular complexity index is 1610. The highest BCUT2D eigenvalue weighted by Gasteiger charge is 2.20. The van der Waals surface area contributed by atoms with Crippen LogP contribution in [0.4, 0.5) is 0 Å². The largest absolute Gasteiger partial charge is 0.507 e. The van der Waals surface area contributed by atoms with E-state index < -0.39 is 0 Å². The first-order chi connectivity index (χ1) is 22.4. The smallest absolute Gasteiger partial charge is 0.128 e. The SMILES string of the molecule is Cc1cc2c(O)c(c1)CN1CCN(Cc3ccccc3OCCOc3ccccc3C1)Cc1cc(C)cc(c1O)C=NCCN=C2. The van der Waals surface area contributed by atoms with Crippen molar-refractivity contribution in [1.29, 1.82) is 0 Å². The van der Waals surface area contributed by atoms with Crippen LogP contribution in [0.3, 0.4) is 0 Å². The molecule has 2 unspecified atom stereocenters. The Balaban J connectivity index is 1.44. The van der Waals surface area contributed by atoms with E-state index in [1.165, 1.54) is 0 Å². The summed E-state index contributed by atoms with van der Waals surface area (Å²) >= 11 is 0. The van der Waals surface area contributed by atoms with Gasteiger partial charge >= 0.3 is 0 Å². The van der Waals surface area contributed by atoms with Gasteiger partial charge in [0.2, 0.25) is 0 Å². The molecule has 2 N–H and O–H groups in total. The van der Waals surface area contributed by atoms with Gasteiger partial charge in [0.05, 0.1) is 13.1 Å². The number of fused-ring (bicyclic) bond motifs is 9. The molecule has 2 aliphatic rings. The van der Waals surface area contributed by atoms with Gasteiger partial charge in [-0.2, -0.15) is 0 Å². The predicted octanol–water partition coefficient (Wildman–Crippen LogP) is 6.04. The van der Waals surface area contributed by atoms with E-state index in [-0.39, 0.29) is 11.5 Å². The number of para-hydroxylation sites is 2. The second-order valence-corrected chi connectivity index (χ2v) is 12.1. The van der Waals surface area contributed by atoms with Crippen molar-refractivity contribution in [3.05, 3.63) is 117 Å². The van der Waals surface area contributed by atoms with Crippen LogP contribution in [-0.4, -0.2) is 71.8 Å². The molecule has 0 spiro atoms. The molecule has 6 bridgehead atoms. The van der Waals surface area contributed by atoms with Gasteiger partial charge in [0.25, 0.3) is 0 Å². The van der Waals surface area contributed by atoms with Crippen LogP contribution in [0.2, 0.25) is 0 Å². The van der Waals surface area contributed by atoms with Gasteiger partial charge in [0.15, 0.2) is 0 Å². The molecular formula is C38H42N4O4. The third-order valence-electron chi connectivity index (χ3n) is 8.40. The Labute approximate surface area is 271 Å². The molecule has 0 saturated heterocycles. The zero-order valence-corrected chi connectivity index (χ0v) is 26.7. The van der Waals surface area contributed by atoms with Crippen LogP contribution in [0, 0.1) is 13.8 Å². The van der Waals surface area contributed by atoms with Crippen LogP contribution in [0.1, 0.15) is 44.5 Å². The fraction of sp³-hybridized carbons (Fsp3) is 0.316. The van der Waals surface area contributed by atoms with Crippen LogP contribution < -0.4 is 9.47 Å². The van der Waals surface area contributed by atoms with E-state index in [2.05, 4.69) is 44.1 Å². The number of aromatic hydroxyl groups is 2. The molecule has 0 aliphatic carbocycles. The Morgan fingerprint density at radius 1 is 0.565 bits per heavy atom. The molecule has 0 aromatic heterocycles. The molecule has 4 aromatic carbocycles. The number of nitrogens with zero attached hydrogens (tertiary/aromatic N) is 4. The van der Waals surface area contributed by atoms with Crippen molar-refractivity contribution in [2.75, 3.05) is 39.4 Å². The summed E-state index contributed by atoms with van der Waals surface area (Å²) in [5.41, 5.74) is 7.38. The van der Waals surface area contributed by atoms with Crippen molar-refractivity contribution in [3.8, 4) is 23.0 Å². The Kier molecular flexibility index (Phi) is 9.96. The maximum atomic E-state index is 11.4. The molecule has 6 rings (SSSR count). The van der Waals surface area contributed by atoms with E-state index in [1.54, 1.807) is 12.4 Å². The number of phenols is 2. The van der Waals surface area contributed by atoms with Gasteiger partial charge in [-0.3, -0.25) is 19.8 Å². The minimum atomic E-state index is 0.251. The van der Waals surface area contributed by atoms with Gasteiger partial charge in [-0.05, 0) is 49.2 Å². The highest BCUT2D eigenvalue weighted by atomic mass is 16.5. The van der Waals surface area contributed by atoms with Gasteiger partial charge in [0, 0.05) is 85.1 Å². The highest BCUT2D eigenvalue weighted by molar-refractivity contribution is 5.85. The second kappa shape index (κ2) is 14.6. The Morgan fingerprint density at radius 2 is 0.978 bits per heavy atom. The second-order valence-electron chi connectivity index (χ2n) is 12.1. The van der Waals surface area contributed by atoms with E-state index in [4.69, 9.17) is 9.47 Å². The van der Waals surface area contributed by atoms with E-state index in [9.17, 15) is 10.2 Å². The minimum absolute atomic E-state index is 0.251. The summed E-state index contributed by atoms with van der Waals surface area (Å²) in [5.74, 6) is 2.16. The predicted molar refractivity (Wildman–Crippen MR) is 183 cm³/mol. The molecule has 8 nitrogen and oxygen atoms in total. The van der Waals surface area contributed by atoms with Crippen molar-refractivity contribution in [2.24, 2.45) is 9.98 Å².